The summed E-state index contributed by atoms with van der Waals surface area (Å²) >= 11 is 1.44. The van der Waals surface area contributed by atoms with E-state index in [4.69, 9.17) is 5.11 Å². The largest absolute Gasteiger partial charge is 0.481 e. The number of nitrogens with one attached hydrogen (secondary N) is 1. The summed E-state index contributed by atoms with van der Waals surface area (Å²) in [6, 6.07) is -0.744. The van der Waals surface area contributed by atoms with Crippen LogP contribution in [0.5, 0.6) is 0 Å². The third kappa shape index (κ3) is 5.92. The molecule has 0 aromatic heterocycles. The molecule has 0 radical (unpaired) electrons. The first-order valence-corrected chi connectivity index (χ1v) is 9.41. The lowest BCUT2D eigenvalue weighted by Crippen LogP contribution is -2.54. The maximum atomic E-state index is 12.0. The Bertz CT molecular complexity index is 519. The van der Waals surface area contributed by atoms with Gasteiger partial charge in [-0.05, 0) is 6.42 Å². The average molecular weight is 338 g/mol. The predicted octanol–water partition coefficient (Wildman–Crippen LogP) is -0.103. The van der Waals surface area contributed by atoms with Crippen molar-refractivity contribution in [3.05, 3.63) is 0 Å². The van der Waals surface area contributed by atoms with Gasteiger partial charge in [-0.3, -0.25) is 14.9 Å². The quantitative estimate of drug-likeness (QED) is 0.718. The van der Waals surface area contributed by atoms with E-state index in [1.807, 2.05) is 0 Å². The molecule has 1 aliphatic heterocycles. The van der Waals surface area contributed by atoms with E-state index in [-0.39, 0.29) is 31.6 Å². The van der Waals surface area contributed by atoms with E-state index in [0.717, 1.165) is 11.2 Å². The number of carbonyl (C=O) groups excluding carboxylic acids is 2. The Morgan fingerprint density at radius 1 is 1.33 bits per heavy atom. The zero-order valence-electron chi connectivity index (χ0n) is 11.6. The van der Waals surface area contributed by atoms with Crippen molar-refractivity contribution in [3.8, 4) is 0 Å². The molecule has 120 valence electrons. The molecule has 21 heavy (non-hydrogen) atoms. The monoisotopic (exact) mass is 338 g/mol. The van der Waals surface area contributed by atoms with Gasteiger partial charge in [-0.15, -0.1) is 0 Å². The molecule has 1 atom stereocenters. The zero-order chi connectivity index (χ0) is 16.0. The average Bonchev–Trinajstić information content (AvgIpc) is 2.37. The molecule has 1 saturated heterocycles. The van der Waals surface area contributed by atoms with Crippen LogP contribution in [0.3, 0.4) is 0 Å². The standard InChI is InChI=1S/C11H18N2O6S2/c1-21(18,19)9-7-20-6-5-13(9)11(17)12-8(14)3-2-4-10(15)16/h9H,2-7H2,1H3,(H,15,16)(H,12,14,17). The molecule has 1 aliphatic rings. The highest BCUT2D eigenvalue weighted by atomic mass is 32.2. The summed E-state index contributed by atoms with van der Waals surface area (Å²) in [7, 11) is -3.43. The minimum absolute atomic E-state index is 0.0931. The van der Waals surface area contributed by atoms with E-state index in [2.05, 4.69) is 5.32 Å². The second kappa shape index (κ2) is 7.64. The van der Waals surface area contributed by atoms with E-state index in [0.29, 0.717) is 5.75 Å². The van der Waals surface area contributed by atoms with Gasteiger partial charge in [0.1, 0.15) is 5.37 Å². The first-order valence-electron chi connectivity index (χ1n) is 6.30. The van der Waals surface area contributed by atoms with Crippen LogP contribution >= 0.6 is 11.8 Å². The molecule has 0 spiro atoms. The molecule has 0 saturated carbocycles. The van der Waals surface area contributed by atoms with Crippen molar-refractivity contribution in [2.75, 3.05) is 24.3 Å². The Morgan fingerprint density at radius 3 is 2.57 bits per heavy atom. The van der Waals surface area contributed by atoms with Crippen molar-refractivity contribution in [2.45, 2.75) is 24.6 Å². The SMILES string of the molecule is CS(=O)(=O)C1CSCCN1C(=O)NC(=O)CCCC(=O)O. The lowest BCUT2D eigenvalue weighted by atomic mass is 10.2. The van der Waals surface area contributed by atoms with Crippen LogP contribution < -0.4 is 5.32 Å². The van der Waals surface area contributed by atoms with Crippen LogP contribution in [0.15, 0.2) is 0 Å². The summed E-state index contributed by atoms with van der Waals surface area (Å²) in [6.45, 7) is 0.247. The van der Waals surface area contributed by atoms with Gasteiger partial charge in [0.15, 0.2) is 9.84 Å². The summed E-state index contributed by atoms with van der Waals surface area (Å²) < 4.78 is 23.3. The van der Waals surface area contributed by atoms with Crippen molar-refractivity contribution >= 4 is 39.5 Å². The number of imide groups is 1. The fourth-order valence-corrected chi connectivity index (χ4v) is 4.64. The van der Waals surface area contributed by atoms with Crippen LogP contribution in [0.25, 0.3) is 0 Å². The molecule has 0 aliphatic carbocycles. The Hall–Kier alpha value is -1.29. The van der Waals surface area contributed by atoms with Gasteiger partial charge in [-0.2, -0.15) is 11.8 Å². The van der Waals surface area contributed by atoms with E-state index in [9.17, 15) is 22.8 Å². The fraction of sp³-hybridized carbons (Fsp3) is 0.727. The van der Waals surface area contributed by atoms with Crippen LogP contribution in [0, 0.1) is 0 Å². The third-order valence-corrected chi connectivity index (χ3v) is 5.52. The van der Waals surface area contributed by atoms with Crippen LogP contribution in [0.4, 0.5) is 4.79 Å². The van der Waals surface area contributed by atoms with Crippen LogP contribution in [-0.4, -0.2) is 66.0 Å². The minimum Gasteiger partial charge on any atom is -0.481 e. The number of carbonyl (C=O) groups is 3. The molecule has 1 heterocycles. The molecular formula is C11H18N2O6S2. The molecule has 1 unspecified atom stereocenters. The number of hydrogen-bond acceptors (Lipinski definition) is 6. The maximum absolute atomic E-state index is 12.0. The van der Waals surface area contributed by atoms with E-state index in [1.165, 1.54) is 11.8 Å². The summed E-state index contributed by atoms with van der Waals surface area (Å²) in [5.41, 5.74) is 0. The molecule has 3 amide bonds. The molecule has 10 heteroatoms. The molecule has 2 N–H and O–H groups in total. The van der Waals surface area contributed by atoms with Crippen molar-refractivity contribution in [2.24, 2.45) is 0 Å². The highest BCUT2D eigenvalue weighted by molar-refractivity contribution is 8.00. The van der Waals surface area contributed by atoms with Crippen molar-refractivity contribution < 1.29 is 27.9 Å². The number of carboxylic acid groups (broad SMARTS) is 1. The zero-order valence-corrected chi connectivity index (χ0v) is 13.2. The van der Waals surface area contributed by atoms with Gasteiger partial charge in [0.25, 0.3) is 0 Å². The minimum atomic E-state index is -3.43. The van der Waals surface area contributed by atoms with Gasteiger partial charge in [0.2, 0.25) is 5.91 Å². The number of sulfone groups is 1. The number of carboxylic acids is 1. The number of rotatable bonds is 5. The topological polar surface area (TPSA) is 121 Å². The highest BCUT2D eigenvalue weighted by Gasteiger charge is 2.34. The molecular weight excluding hydrogens is 320 g/mol. The Morgan fingerprint density at radius 2 is 2.00 bits per heavy atom. The Kier molecular flexibility index (Phi) is 6.46. The summed E-state index contributed by atoms with van der Waals surface area (Å²) in [5.74, 6) is -0.738. The van der Waals surface area contributed by atoms with E-state index in [1.54, 1.807) is 0 Å². The molecule has 0 aromatic rings. The Balaban J connectivity index is 2.56. The van der Waals surface area contributed by atoms with Gasteiger partial charge < -0.3 is 10.0 Å². The number of thioether (sulfide) groups is 1. The van der Waals surface area contributed by atoms with Crippen LogP contribution in [0.1, 0.15) is 19.3 Å². The molecule has 1 rings (SSSR count). The number of urea groups is 1. The Labute approximate surface area is 127 Å². The smallest absolute Gasteiger partial charge is 0.325 e. The van der Waals surface area contributed by atoms with Crippen LogP contribution in [-0.2, 0) is 19.4 Å². The molecule has 0 bridgehead atoms. The lowest BCUT2D eigenvalue weighted by molar-refractivity contribution is -0.137. The summed E-state index contributed by atoms with van der Waals surface area (Å²) in [5, 5.41) is 9.63. The van der Waals surface area contributed by atoms with Crippen LogP contribution in [0.2, 0.25) is 0 Å². The second-order valence-corrected chi connectivity index (χ2v) is 8.01. The summed E-state index contributed by atoms with van der Waals surface area (Å²) in [4.78, 5) is 35.0. The molecule has 8 nitrogen and oxygen atoms in total. The van der Waals surface area contributed by atoms with E-state index >= 15 is 0 Å². The third-order valence-electron chi connectivity index (χ3n) is 2.88. The number of nitrogens with zero attached hydrogens (tertiary/aromatic N) is 1. The van der Waals surface area contributed by atoms with Gasteiger partial charge in [-0.25, -0.2) is 13.2 Å². The maximum Gasteiger partial charge on any atom is 0.325 e. The molecule has 1 fully saturated rings. The van der Waals surface area contributed by atoms with Gasteiger partial charge in [-0.1, -0.05) is 0 Å². The van der Waals surface area contributed by atoms with Gasteiger partial charge in [0.05, 0.1) is 0 Å². The van der Waals surface area contributed by atoms with Crippen molar-refractivity contribution in [1.82, 2.24) is 10.2 Å². The fourth-order valence-electron chi connectivity index (χ4n) is 1.82. The normalized spacial score (nSPS) is 19.1. The number of hydrogen-bond donors (Lipinski definition) is 2. The van der Waals surface area contributed by atoms with Gasteiger partial charge in [0, 0.05) is 37.1 Å². The lowest BCUT2D eigenvalue weighted by Gasteiger charge is -2.33. The molecule has 0 aromatic carbocycles. The first kappa shape index (κ1) is 17.8. The van der Waals surface area contributed by atoms with Crippen molar-refractivity contribution in [3.63, 3.8) is 0 Å². The number of amides is 3. The van der Waals surface area contributed by atoms with Crippen molar-refractivity contribution in [1.29, 1.82) is 0 Å². The second-order valence-electron chi connectivity index (χ2n) is 4.65. The summed E-state index contributed by atoms with van der Waals surface area (Å²) in [6.07, 6.45) is 0.927. The predicted molar refractivity (Wildman–Crippen MR) is 77.7 cm³/mol. The first-order chi connectivity index (χ1) is 9.71. The van der Waals surface area contributed by atoms with Gasteiger partial charge >= 0.3 is 12.0 Å². The van der Waals surface area contributed by atoms with E-state index < -0.39 is 33.1 Å². The highest BCUT2D eigenvalue weighted by Crippen LogP contribution is 2.20. The number of aliphatic carboxylic acids is 1.